The second-order valence-electron chi connectivity index (χ2n) is 2.48. The van der Waals surface area contributed by atoms with Crippen LogP contribution in [0.25, 0.3) is 0 Å². The van der Waals surface area contributed by atoms with E-state index in [4.69, 9.17) is 10.4 Å². The van der Waals surface area contributed by atoms with Crippen molar-refractivity contribution < 1.29 is 8.42 Å². The molecule has 0 spiro atoms. The minimum absolute atomic E-state index is 0.0143. The first kappa shape index (κ1) is 9.70. The minimum atomic E-state index is -3.79. The minimum Gasteiger partial charge on any atom is -0.256 e. The number of hydrogen-bond acceptors (Lipinski definition) is 4. The van der Waals surface area contributed by atoms with Gasteiger partial charge in [-0.15, -0.1) is 0 Å². The fraction of sp³-hybridized carbons (Fsp3) is 0.333. The van der Waals surface area contributed by atoms with E-state index in [1.807, 2.05) is 6.07 Å². The molecule has 0 aliphatic rings. The van der Waals surface area contributed by atoms with Crippen molar-refractivity contribution in [2.75, 3.05) is 0 Å². The Morgan fingerprint density at radius 1 is 1.77 bits per heavy atom. The SMILES string of the molecule is Cn1ncc(CC#N)c1S(N)(=O)=O. The van der Waals surface area contributed by atoms with Gasteiger partial charge in [-0.1, -0.05) is 0 Å². The van der Waals surface area contributed by atoms with Gasteiger partial charge in [0.2, 0.25) is 0 Å². The summed E-state index contributed by atoms with van der Waals surface area (Å²) < 4.78 is 23.2. The third-order valence-electron chi connectivity index (χ3n) is 1.49. The number of nitriles is 1. The normalized spacial score (nSPS) is 11.2. The summed E-state index contributed by atoms with van der Waals surface area (Å²) in [6, 6.07) is 1.84. The number of aromatic nitrogens is 2. The summed E-state index contributed by atoms with van der Waals surface area (Å²) in [6.45, 7) is 0. The van der Waals surface area contributed by atoms with Gasteiger partial charge in [0.15, 0.2) is 5.03 Å². The summed E-state index contributed by atoms with van der Waals surface area (Å²) in [5, 5.41) is 16.9. The quantitative estimate of drug-likeness (QED) is 0.670. The first-order chi connectivity index (χ1) is 5.96. The first-order valence-electron chi connectivity index (χ1n) is 3.37. The van der Waals surface area contributed by atoms with Crippen LogP contribution >= 0.6 is 0 Å². The van der Waals surface area contributed by atoms with Crippen LogP contribution in [0.15, 0.2) is 11.2 Å². The first-order valence-corrected chi connectivity index (χ1v) is 4.92. The fourth-order valence-corrected chi connectivity index (χ4v) is 1.95. The predicted octanol–water partition coefficient (Wildman–Crippen LogP) is -0.866. The fourth-order valence-electron chi connectivity index (χ4n) is 1.05. The van der Waals surface area contributed by atoms with Gasteiger partial charge in [0.25, 0.3) is 10.0 Å². The zero-order valence-corrected chi connectivity index (χ0v) is 7.74. The van der Waals surface area contributed by atoms with Crippen LogP contribution in [0, 0.1) is 11.3 Å². The van der Waals surface area contributed by atoms with Crippen LogP contribution in [0.5, 0.6) is 0 Å². The highest BCUT2D eigenvalue weighted by Gasteiger charge is 2.18. The molecular formula is C6H8N4O2S. The van der Waals surface area contributed by atoms with Crippen molar-refractivity contribution in [3.63, 3.8) is 0 Å². The van der Waals surface area contributed by atoms with Crippen molar-refractivity contribution in [1.82, 2.24) is 9.78 Å². The van der Waals surface area contributed by atoms with Gasteiger partial charge in [-0.3, -0.25) is 4.68 Å². The molecule has 70 valence electrons. The number of nitrogens with two attached hydrogens (primary N) is 1. The lowest BCUT2D eigenvalue weighted by molar-refractivity contribution is 0.577. The van der Waals surface area contributed by atoms with Crippen LogP contribution in [-0.2, 0) is 23.5 Å². The van der Waals surface area contributed by atoms with Crippen LogP contribution in [0.4, 0.5) is 0 Å². The molecule has 1 aromatic rings. The molecule has 0 aliphatic carbocycles. The molecule has 0 aliphatic heterocycles. The summed E-state index contributed by atoms with van der Waals surface area (Å²) in [5.74, 6) is 0. The monoisotopic (exact) mass is 200 g/mol. The van der Waals surface area contributed by atoms with Crippen LogP contribution in [0.2, 0.25) is 0 Å². The summed E-state index contributed by atoms with van der Waals surface area (Å²) in [4.78, 5) is 0. The molecule has 0 amide bonds. The molecule has 7 heteroatoms. The summed E-state index contributed by atoms with van der Waals surface area (Å²) in [5.41, 5.74) is 0.326. The number of primary sulfonamides is 1. The van der Waals surface area contributed by atoms with Gasteiger partial charge in [0.05, 0.1) is 18.7 Å². The zero-order chi connectivity index (χ0) is 10.1. The van der Waals surface area contributed by atoms with Crippen molar-refractivity contribution in [3.05, 3.63) is 11.8 Å². The van der Waals surface area contributed by atoms with Crippen molar-refractivity contribution in [1.29, 1.82) is 5.26 Å². The molecule has 0 fully saturated rings. The van der Waals surface area contributed by atoms with E-state index < -0.39 is 10.0 Å². The molecule has 0 unspecified atom stereocenters. The van der Waals surface area contributed by atoms with Gasteiger partial charge in [-0.2, -0.15) is 10.4 Å². The molecule has 1 aromatic heterocycles. The molecule has 13 heavy (non-hydrogen) atoms. The molecule has 2 N–H and O–H groups in total. The molecule has 0 atom stereocenters. The van der Waals surface area contributed by atoms with E-state index >= 15 is 0 Å². The van der Waals surface area contributed by atoms with Crippen molar-refractivity contribution >= 4 is 10.0 Å². The van der Waals surface area contributed by atoms with E-state index in [1.165, 1.54) is 13.2 Å². The highest BCUT2D eigenvalue weighted by Crippen LogP contribution is 2.12. The molecule has 0 radical (unpaired) electrons. The number of aryl methyl sites for hydroxylation is 1. The topological polar surface area (TPSA) is 102 Å². The van der Waals surface area contributed by atoms with Crippen molar-refractivity contribution in [2.45, 2.75) is 11.4 Å². The highest BCUT2D eigenvalue weighted by atomic mass is 32.2. The predicted molar refractivity (Wildman–Crippen MR) is 43.9 cm³/mol. The Bertz CT molecular complexity index is 453. The van der Waals surface area contributed by atoms with Crippen LogP contribution in [0.3, 0.4) is 0 Å². The molecule has 0 aromatic carbocycles. The van der Waals surface area contributed by atoms with Gasteiger partial charge in [0, 0.05) is 12.6 Å². The zero-order valence-electron chi connectivity index (χ0n) is 6.93. The van der Waals surface area contributed by atoms with E-state index in [0.29, 0.717) is 5.56 Å². The van der Waals surface area contributed by atoms with Gasteiger partial charge in [-0.05, 0) is 0 Å². The average molecular weight is 200 g/mol. The molecule has 0 bridgehead atoms. The molecule has 1 heterocycles. The number of hydrogen-bond donors (Lipinski definition) is 1. The Morgan fingerprint density at radius 3 is 2.85 bits per heavy atom. The lowest BCUT2D eigenvalue weighted by Crippen LogP contribution is -2.18. The van der Waals surface area contributed by atoms with Crippen molar-refractivity contribution in [2.24, 2.45) is 12.2 Å². The van der Waals surface area contributed by atoms with Crippen LogP contribution in [-0.4, -0.2) is 18.2 Å². The Kier molecular flexibility index (Phi) is 2.36. The largest absolute Gasteiger partial charge is 0.256 e. The Labute approximate surface area is 75.6 Å². The Balaban J connectivity index is 3.35. The van der Waals surface area contributed by atoms with E-state index in [-0.39, 0.29) is 11.4 Å². The lowest BCUT2D eigenvalue weighted by atomic mass is 10.3. The second kappa shape index (κ2) is 3.16. The van der Waals surface area contributed by atoms with Gasteiger partial charge >= 0.3 is 0 Å². The average Bonchev–Trinajstić information content (AvgIpc) is 2.31. The molecular weight excluding hydrogens is 192 g/mol. The van der Waals surface area contributed by atoms with Crippen molar-refractivity contribution in [3.8, 4) is 6.07 Å². The second-order valence-corrected chi connectivity index (χ2v) is 3.96. The highest BCUT2D eigenvalue weighted by molar-refractivity contribution is 7.89. The standard InChI is InChI=1S/C6H8N4O2S/c1-10-6(13(8,11)12)5(2-3-7)4-9-10/h4H,2H2,1H3,(H2,8,11,12). The van der Waals surface area contributed by atoms with E-state index in [9.17, 15) is 8.42 Å². The maximum atomic E-state index is 11.0. The molecule has 6 nitrogen and oxygen atoms in total. The number of sulfonamides is 1. The third-order valence-corrected chi connectivity index (χ3v) is 2.56. The number of nitrogens with zero attached hydrogens (tertiary/aromatic N) is 3. The third kappa shape index (κ3) is 1.85. The van der Waals surface area contributed by atoms with Crippen LogP contribution in [0.1, 0.15) is 5.56 Å². The summed E-state index contributed by atoms with van der Waals surface area (Å²) in [7, 11) is -2.33. The Hall–Kier alpha value is -1.39. The Morgan fingerprint density at radius 2 is 2.38 bits per heavy atom. The summed E-state index contributed by atoms with van der Waals surface area (Å²) in [6.07, 6.45) is 1.31. The smallest absolute Gasteiger partial charge is 0.255 e. The van der Waals surface area contributed by atoms with E-state index in [0.717, 1.165) is 4.68 Å². The summed E-state index contributed by atoms with van der Waals surface area (Å²) >= 11 is 0. The molecule has 1 rings (SSSR count). The van der Waals surface area contributed by atoms with E-state index in [2.05, 4.69) is 5.10 Å². The molecule has 0 saturated heterocycles. The number of rotatable bonds is 2. The van der Waals surface area contributed by atoms with Crippen LogP contribution < -0.4 is 5.14 Å². The van der Waals surface area contributed by atoms with Gasteiger partial charge < -0.3 is 0 Å². The molecule has 0 saturated carbocycles. The maximum absolute atomic E-state index is 11.0. The van der Waals surface area contributed by atoms with Gasteiger partial charge in [0.1, 0.15) is 0 Å². The van der Waals surface area contributed by atoms with Gasteiger partial charge in [-0.25, -0.2) is 13.6 Å². The maximum Gasteiger partial charge on any atom is 0.255 e. The van der Waals surface area contributed by atoms with E-state index in [1.54, 1.807) is 0 Å². The lowest BCUT2D eigenvalue weighted by Gasteiger charge is -1.99.